The summed E-state index contributed by atoms with van der Waals surface area (Å²) in [6.07, 6.45) is 0.261. The van der Waals surface area contributed by atoms with E-state index in [9.17, 15) is 9.59 Å². The topological polar surface area (TPSA) is 64.6 Å². The second-order valence-electron chi connectivity index (χ2n) is 5.21. The molecule has 25 heavy (non-hydrogen) atoms. The van der Waals surface area contributed by atoms with Crippen LogP contribution in [-0.4, -0.2) is 31.8 Å². The lowest BCUT2D eigenvalue weighted by Gasteiger charge is -2.17. The first-order valence-electron chi connectivity index (χ1n) is 7.82. The van der Waals surface area contributed by atoms with Crippen molar-refractivity contribution in [1.82, 2.24) is 0 Å². The van der Waals surface area contributed by atoms with Gasteiger partial charge in [0.1, 0.15) is 11.0 Å². The van der Waals surface area contributed by atoms with Gasteiger partial charge in [0.2, 0.25) is 5.91 Å². The summed E-state index contributed by atoms with van der Waals surface area (Å²) in [4.78, 5) is 24.1. The van der Waals surface area contributed by atoms with Crippen molar-refractivity contribution in [3.8, 4) is 5.75 Å². The lowest BCUT2D eigenvalue weighted by atomic mass is 10.1. The Hall–Kier alpha value is -2.47. The summed E-state index contributed by atoms with van der Waals surface area (Å²) in [6.45, 7) is 0. The molecule has 6 heteroatoms. The summed E-state index contributed by atoms with van der Waals surface area (Å²) in [7, 11) is 2.94. The molecule has 2 aromatic rings. The van der Waals surface area contributed by atoms with Gasteiger partial charge in [0.05, 0.1) is 20.6 Å². The highest BCUT2D eigenvalue weighted by atomic mass is 32.2. The van der Waals surface area contributed by atoms with Gasteiger partial charge in [-0.2, -0.15) is 0 Å². The van der Waals surface area contributed by atoms with Crippen LogP contribution in [0.4, 0.5) is 5.69 Å². The Morgan fingerprint density at radius 1 is 1.08 bits per heavy atom. The molecular formula is C19H21NO4S. The molecule has 0 saturated heterocycles. The summed E-state index contributed by atoms with van der Waals surface area (Å²) in [5, 5.41) is 2.49. The lowest BCUT2D eigenvalue weighted by Crippen LogP contribution is -2.19. The van der Waals surface area contributed by atoms with Crippen LogP contribution < -0.4 is 10.1 Å². The molecule has 0 radical (unpaired) electrons. The van der Waals surface area contributed by atoms with Gasteiger partial charge in [-0.3, -0.25) is 9.59 Å². The number of benzene rings is 2. The predicted molar refractivity (Wildman–Crippen MR) is 99.9 cm³/mol. The Morgan fingerprint density at radius 2 is 1.84 bits per heavy atom. The zero-order valence-corrected chi connectivity index (χ0v) is 15.0. The third-order valence-corrected chi connectivity index (χ3v) is 4.76. The van der Waals surface area contributed by atoms with Crippen LogP contribution in [0, 0.1) is 0 Å². The highest BCUT2D eigenvalue weighted by Gasteiger charge is 2.21. The van der Waals surface area contributed by atoms with Gasteiger partial charge >= 0.3 is 5.97 Å². The molecule has 2 rings (SSSR count). The number of rotatable bonds is 8. The fourth-order valence-electron chi connectivity index (χ4n) is 2.22. The average Bonchev–Trinajstić information content (AvgIpc) is 2.65. The molecule has 0 bridgehead atoms. The van der Waals surface area contributed by atoms with E-state index < -0.39 is 5.25 Å². The average molecular weight is 359 g/mol. The SMILES string of the molecule is COC(=O)CCSC(C(=O)Nc1cccc(OC)c1)c1ccccc1. The van der Waals surface area contributed by atoms with E-state index in [1.165, 1.54) is 18.9 Å². The van der Waals surface area contributed by atoms with E-state index in [1.807, 2.05) is 48.5 Å². The molecule has 0 aromatic heterocycles. The summed E-state index contributed by atoms with van der Waals surface area (Å²) >= 11 is 1.41. The van der Waals surface area contributed by atoms with E-state index in [2.05, 4.69) is 10.1 Å². The largest absolute Gasteiger partial charge is 0.497 e. The molecule has 0 heterocycles. The Bertz CT molecular complexity index is 706. The van der Waals surface area contributed by atoms with Gasteiger partial charge < -0.3 is 14.8 Å². The van der Waals surface area contributed by atoms with Crippen LogP contribution >= 0.6 is 11.8 Å². The molecule has 0 saturated carbocycles. The Morgan fingerprint density at radius 3 is 2.52 bits per heavy atom. The van der Waals surface area contributed by atoms with Crippen molar-refractivity contribution >= 4 is 29.3 Å². The summed E-state index contributed by atoms with van der Waals surface area (Å²) < 4.78 is 9.83. The highest BCUT2D eigenvalue weighted by Crippen LogP contribution is 2.31. The van der Waals surface area contributed by atoms with Gasteiger partial charge in [-0.05, 0) is 17.7 Å². The van der Waals surface area contributed by atoms with Crippen molar-refractivity contribution in [2.45, 2.75) is 11.7 Å². The van der Waals surface area contributed by atoms with Crippen molar-refractivity contribution in [2.75, 3.05) is 25.3 Å². The molecule has 0 fully saturated rings. The number of ether oxygens (including phenoxy) is 2. The number of carbonyl (C=O) groups is 2. The molecule has 0 spiro atoms. The smallest absolute Gasteiger partial charge is 0.306 e. The summed E-state index contributed by atoms with van der Waals surface area (Å²) in [5.74, 6) is 0.742. The first kappa shape index (κ1) is 18.9. The van der Waals surface area contributed by atoms with Crippen LogP contribution in [0.25, 0.3) is 0 Å². The van der Waals surface area contributed by atoms with E-state index >= 15 is 0 Å². The van der Waals surface area contributed by atoms with Crippen LogP contribution in [-0.2, 0) is 14.3 Å². The molecule has 0 aliphatic rings. The maximum Gasteiger partial charge on any atom is 0.306 e. The molecule has 132 valence electrons. The first-order chi connectivity index (χ1) is 12.1. The van der Waals surface area contributed by atoms with Gasteiger partial charge in [-0.1, -0.05) is 36.4 Å². The number of methoxy groups -OCH3 is 2. The number of anilines is 1. The normalized spacial score (nSPS) is 11.4. The molecule has 1 N–H and O–H groups in total. The number of carbonyl (C=O) groups excluding carboxylic acids is 2. The van der Waals surface area contributed by atoms with Crippen molar-refractivity contribution < 1.29 is 19.1 Å². The molecule has 1 amide bonds. The molecule has 1 unspecified atom stereocenters. The molecular weight excluding hydrogens is 338 g/mol. The predicted octanol–water partition coefficient (Wildman–Crippen LogP) is 3.67. The third kappa shape index (κ3) is 5.83. The number of thioether (sulfide) groups is 1. The van der Waals surface area contributed by atoms with Gasteiger partial charge in [0, 0.05) is 17.5 Å². The van der Waals surface area contributed by atoms with Gasteiger partial charge in [0.25, 0.3) is 0 Å². The minimum atomic E-state index is -0.419. The summed E-state index contributed by atoms with van der Waals surface area (Å²) in [6, 6.07) is 16.7. The van der Waals surface area contributed by atoms with E-state index in [-0.39, 0.29) is 18.3 Å². The number of amides is 1. The lowest BCUT2D eigenvalue weighted by molar-refractivity contribution is -0.140. The zero-order valence-electron chi connectivity index (χ0n) is 14.2. The first-order valence-corrected chi connectivity index (χ1v) is 8.87. The number of hydrogen-bond donors (Lipinski definition) is 1. The monoisotopic (exact) mass is 359 g/mol. The number of nitrogens with one attached hydrogen (secondary N) is 1. The van der Waals surface area contributed by atoms with Gasteiger partial charge in [-0.15, -0.1) is 11.8 Å². The highest BCUT2D eigenvalue weighted by molar-refractivity contribution is 8.00. The van der Waals surface area contributed by atoms with E-state index in [4.69, 9.17) is 4.74 Å². The zero-order chi connectivity index (χ0) is 18.1. The molecule has 0 aliphatic heterocycles. The fraction of sp³-hybridized carbons (Fsp3) is 0.263. The second-order valence-corrected chi connectivity index (χ2v) is 6.42. The Kier molecular flexibility index (Phi) is 7.35. The quantitative estimate of drug-likeness (QED) is 0.729. The maximum atomic E-state index is 12.8. The number of esters is 1. The molecule has 5 nitrogen and oxygen atoms in total. The Balaban J connectivity index is 2.10. The van der Waals surface area contributed by atoms with Crippen molar-refractivity contribution in [1.29, 1.82) is 0 Å². The Labute approximate surface area is 151 Å². The standard InChI is InChI=1S/C19H21NO4S/c1-23-16-10-6-9-15(13-16)20-19(22)18(14-7-4-3-5-8-14)25-12-11-17(21)24-2/h3-10,13,18H,11-12H2,1-2H3,(H,20,22). The van der Waals surface area contributed by atoms with Crippen LogP contribution in [0.3, 0.4) is 0 Å². The number of hydrogen-bond acceptors (Lipinski definition) is 5. The molecule has 1 atom stereocenters. The van der Waals surface area contributed by atoms with Crippen LogP contribution in [0.2, 0.25) is 0 Å². The fourth-order valence-corrected chi connectivity index (χ4v) is 3.30. The molecule has 2 aromatic carbocycles. The second kappa shape index (κ2) is 9.74. The van der Waals surface area contributed by atoms with E-state index in [0.717, 1.165) is 5.56 Å². The molecule has 0 aliphatic carbocycles. The van der Waals surface area contributed by atoms with E-state index in [0.29, 0.717) is 17.2 Å². The van der Waals surface area contributed by atoms with Gasteiger partial charge in [-0.25, -0.2) is 0 Å². The van der Waals surface area contributed by atoms with Crippen molar-refractivity contribution in [3.63, 3.8) is 0 Å². The van der Waals surface area contributed by atoms with Crippen molar-refractivity contribution in [2.24, 2.45) is 0 Å². The summed E-state index contributed by atoms with van der Waals surface area (Å²) in [5.41, 5.74) is 1.55. The van der Waals surface area contributed by atoms with Crippen LogP contribution in [0.5, 0.6) is 5.75 Å². The van der Waals surface area contributed by atoms with Crippen LogP contribution in [0.15, 0.2) is 54.6 Å². The van der Waals surface area contributed by atoms with Crippen LogP contribution in [0.1, 0.15) is 17.2 Å². The van der Waals surface area contributed by atoms with E-state index in [1.54, 1.807) is 13.2 Å². The van der Waals surface area contributed by atoms with Crippen molar-refractivity contribution in [3.05, 3.63) is 60.2 Å². The minimum absolute atomic E-state index is 0.144. The maximum absolute atomic E-state index is 12.8. The third-order valence-electron chi connectivity index (χ3n) is 3.50. The van der Waals surface area contributed by atoms with Gasteiger partial charge in [0.15, 0.2) is 0 Å². The minimum Gasteiger partial charge on any atom is -0.497 e.